The van der Waals surface area contributed by atoms with E-state index in [0.29, 0.717) is 5.56 Å². The number of aliphatic hydroxyl groups is 1. The SMILES string of the molecule is CC(C)(C)OC(=O)N(C[C@H]1CN(c2c(F)cc(-c3ccccc3)c(C3=NO[C@@H](CO)C3)c2F)C(=O)O1)c1ccon1. The number of halogens is 2. The van der Waals surface area contributed by atoms with Crippen molar-refractivity contribution in [2.45, 2.75) is 45.0 Å². The van der Waals surface area contributed by atoms with Gasteiger partial charge in [0.25, 0.3) is 0 Å². The van der Waals surface area contributed by atoms with E-state index in [2.05, 4.69) is 10.3 Å². The van der Waals surface area contributed by atoms with Gasteiger partial charge in [-0.05, 0) is 38.0 Å². The molecule has 2 amide bonds. The first-order valence-electron chi connectivity index (χ1n) is 12.9. The third-order valence-electron chi connectivity index (χ3n) is 6.35. The highest BCUT2D eigenvalue weighted by Crippen LogP contribution is 2.38. The lowest BCUT2D eigenvalue weighted by Gasteiger charge is -2.26. The number of hydrogen-bond acceptors (Lipinski definition) is 9. The lowest BCUT2D eigenvalue weighted by atomic mass is 9.92. The van der Waals surface area contributed by atoms with Crippen molar-refractivity contribution in [1.82, 2.24) is 5.16 Å². The Morgan fingerprint density at radius 3 is 2.59 bits per heavy atom. The van der Waals surface area contributed by atoms with E-state index >= 15 is 8.78 Å². The summed E-state index contributed by atoms with van der Waals surface area (Å²) in [5.74, 6) is -1.93. The predicted molar refractivity (Wildman–Crippen MR) is 143 cm³/mol. The molecule has 0 bridgehead atoms. The zero-order chi connectivity index (χ0) is 29.3. The first-order valence-corrected chi connectivity index (χ1v) is 12.9. The van der Waals surface area contributed by atoms with Gasteiger partial charge < -0.3 is 23.9 Å². The molecule has 2 aliphatic heterocycles. The summed E-state index contributed by atoms with van der Waals surface area (Å²) in [6.07, 6.45) is -2.11. The second-order valence-corrected chi connectivity index (χ2v) is 10.5. The average molecular weight is 571 g/mol. The molecule has 11 nitrogen and oxygen atoms in total. The van der Waals surface area contributed by atoms with Gasteiger partial charge in [-0.1, -0.05) is 40.6 Å². The van der Waals surface area contributed by atoms with E-state index < -0.39 is 47.3 Å². The minimum Gasteiger partial charge on any atom is -0.443 e. The van der Waals surface area contributed by atoms with E-state index in [0.717, 1.165) is 15.9 Å². The number of amides is 2. The predicted octanol–water partition coefficient (Wildman–Crippen LogP) is 4.87. The number of aliphatic hydroxyl groups excluding tert-OH is 1. The van der Waals surface area contributed by atoms with Crippen molar-refractivity contribution < 1.29 is 42.3 Å². The third kappa shape index (κ3) is 5.85. The minimum absolute atomic E-state index is 0.0576. The van der Waals surface area contributed by atoms with Crippen molar-refractivity contribution >= 4 is 29.4 Å². The number of carbonyl (C=O) groups is 2. The van der Waals surface area contributed by atoms with Crippen molar-refractivity contribution in [2.24, 2.45) is 5.16 Å². The Morgan fingerprint density at radius 2 is 1.95 bits per heavy atom. The molecule has 1 aromatic heterocycles. The van der Waals surface area contributed by atoms with Crippen LogP contribution >= 0.6 is 0 Å². The van der Waals surface area contributed by atoms with Crippen LogP contribution in [0, 0.1) is 11.6 Å². The van der Waals surface area contributed by atoms with Crippen molar-refractivity contribution in [3.8, 4) is 11.1 Å². The Hall–Kier alpha value is -4.52. The van der Waals surface area contributed by atoms with Crippen molar-refractivity contribution in [3.05, 3.63) is 65.9 Å². The molecule has 5 rings (SSSR count). The Morgan fingerprint density at radius 1 is 1.20 bits per heavy atom. The molecule has 2 aliphatic rings. The normalized spacial score (nSPS) is 18.6. The smallest absolute Gasteiger partial charge is 0.416 e. The monoisotopic (exact) mass is 570 g/mol. The van der Waals surface area contributed by atoms with Crippen molar-refractivity contribution in [1.29, 1.82) is 0 Å². The maximum Gasteiger partial charge on any atom is 0.416 e. The molecule has 2 aromatic carbocycles. The second kappa shape index (κ2) is 11.2. The standard InChI is InChI=1S/C28H28F2N4O7/c1-28(2,3)40-27(37)33(22-9-10-38-32-22)13-18-14-34(26(36)39-18)25-20(29)12-19(16-7-5-4-6-8-16)23(24(25)30)21-11-17(15-35)41-31-21/h4-10,12,17-18,35H,11,13-15H2,1-3H3/t17-,18+/m1/s1. The summed E-state index contributed by atoms with van der Waals surface area (Å²) in [5.41, 5.74) is -0.637. The summed E-state index contributed by atoms with van der Waals surface area (Å²) in [7, 11) is 0. The maximum absolute atomic E-state index is 16.3. The van der Waals surface area contributed by atoms with Crippen LogP contribution < -0.4 is 9.80 Å². The number of ether oxygens (including phenoxy) is 2. The minimum atomic E-state index is -1.04. The van der Waals surface area contributed by atoms with E-state index in [4.69, 9.17) is 18.8 Å². The molecule has 13 heteroatoms. The number of aromatic nitrogens is 1. The summed E-state index contributed by atoms with van der Waals surface area (Å²) in [4.78, 5) is 33.0. The first kappa shape index (κ1) is 28.0. The van der Waals surface area contributed by atoms with Gasteiger partial charge in [-0.15, -0.1) is 0 Å². The molecule has 0 spiro atoms. The van der Waals surface area contributed by atoms with Gasteiger partial charge in [0.2, 0.25) is 0 Å². The maximum atomic E-state index is 16.3. The van der Waals surface area contributed by atoms with Crippen LogP contribution in [0.15, 0.2) is 58.4 Å². The lowest BCUT2D eigenvalue weighted by Crippen LogP contribution is -2.42. The summed E-state index contributed by atoms with van der Waals surface area (Å²) >= 11 is 0. The van der Waals surface area contributed by atoms with Gasteiger partial charge >= 0.3 is 12.2 Å². The zero-order valence-corrected chi connectivity index (χ0v) is 22.5. The zero-order valence-electron chi connectivity index (χ0n) is 22.5. The largest absolute Gasteiger partial charge is 0.443 e. The molecular formula is C28H28F2N4O7. The summed E-state index contributed by atoms with van der Waals surface area (Å²) < 4.78 is 47.7. The molecule has 3 heterocycles. The number of benzene rings is 2. The summed E-state index contributed by atoms with van der Waals surface area (Å²) in [6, 6.07) is 11.1. The Bertz CT molecular complexity index is 1460. The van der Waals surface area contributed by atoms with E-state index in [9.17, 15) is 14.7 Å². The van der Waals surface area contributed by atoms with Crippen molar-refractivity contribution in [3.63, 3.8) is 0 Å². The molecule has 0 saturated carbocycles. The van der Waals surface area contributed by atoms with Gasteiger partial charge in [-0.3, -0.25) is 9.80 Å². The van der Waals surface area contributed by atoms with Crippen LogP contribution in [0.2, 0.25) is 0 Å². The molecule has 0 aliphatic carbocycles. The number of oxime groups is 1. The number of nitrogens with zero attached hydrogens (tertiary/aromatic N) is 4. The van der Waals surface area contributed by atoms with Crippen LogP contribution in [0.3, 0.4) is 0 Å². The number of rotatable bonds is 7. The molecular weight excluding hydrogens is 542 g/mol. The molecule has 216 valence electrons. The first-order chi connectivity index (χ1) is 19.6. The van der Waals surface area contributed by atoms with E-state index in [1.54, 1.807) is 51.1 Å². The fraction of sp³-hybridized carbons (Fsp3) is 0.357. The quantitative estimate of drug-likeness (QED) is 0.426. The van der Waals surface area contributed by atoms with Crippen LogP contribution in [0.25, 0.3) is 11.1 Å². The highest BCUT2D eigenvalue weighted by Gasteiger charge is 2.40. The Kier molecular flexibility index (Phi) is 7.63. The molecule has 3 aromatic rings. The van der Waals surface area contributed by atoms with Crippen LogP contribution in [0.5, 0.6) is 0 Å². The fourth-order valence-electron chi connectivity index (χ4n) is 4.58. The average Bonchev–Trinajstić information content (AvgIpc) is 3.68. The van der Waals surface area contributed by atoms with E-state index in [1.165, 1.54) is 12.3 Å². The number of anilines is 2. The van der Waals surface area contributed by atoms with Crippen LogP contribution in [0.1, 0.15) is 32.8 Å². The summed E-state index contributed by atoms with van der Waals surface area (Å²) in [5, 5.41) is 17.2. The topological polar surface area (TPSA) is 127 Å². The highest BCUT2D eigenvalue weighted by atomic mass is 19.1. The fourth-order valence-corrected chi connectivity index (χ4v) is 4.58. The number of carbonyl (C=O) groups excluding carboxylic acids is 2. The molecule has 0 radical (unpaired) electrons. The third-order valence-corrected chi connectivity index (χ3v) is 6.35. The van der Waals surface area contributed by atoms with E-state index in [-0.39, 0.29) is 48.8 Å². The summed E-state index contributed by atoms with van der Waals surface area (Å²) in [6.45, 7) is 4.22. The van der Waals surface area contributed by atoms with E-state index in [1.807, 2.05) is 0 Å². The molecule has 1 saturated heterocycles. The van der Waals surface area contributed by atoms with Crippen molar-refractivity contribution in [2.75, 3.05) is 29.5 Å². The van der Waals surface area contributed by atoms with Gasteiger partial charge in [0, 0.05) is 18.1 Å². The van der Waals surface area contributed by atoms with Crippen LogP contribution in [0.4, 0.5) is 29.9 Å². The molecule has 0 unspecified atom stereocenters. The van der Waals surface area contributed by atoms with Gasteiger partial charge in [-0.2, -0.15) is 0 Å². The second-order valence-electron chi connectivity index (χ2n) is 10.5. The van der Waals surface area contributed by atoms with Gasteiger partial charge in [-0.25, -0.2) is 18.4 Å². The number of cyclic esters (lactones) is 1. The molecule has 2 atom stereocenters. The highest BCUT2D eigenvalue weighted by molar-refractivity contribution is 6.08. The Labute approximate surface area is 233 Å². The van der Waals surface area contributed by atoms with Gasteiger partial charge in [0.1, 0.15) is 23.7 Å². The van der Waals surface area contributed by atoms with Gasteiger partial charge in [0.05, 0.1) is 25.4 Å². The number of hydrogen-bond donors (Lipinski definition) is 1. The van der Waals surface area contributed by atoms with Crippen LogP contribution in [-0.4, -0.2) is 65.7 Å². The van der Waals surface area contributed by atoms with Gasteiger partial charge in [0.15, 0.2) is 23.6 Å². The molecule has 1 N–H and O–H groups in total. The lowest BCUT2D eigenvalue weighted by molar-refractivity contribution is 0.0390. The van der Waals surface area contributed by atoms with Crippen LogP contribution in [-0.2, 0) is 14.3 Å². The molecule has 1 fully saturated rings. The Balaban J connectivity index is 1.48. The molecule has 41 heavy (non-hydrogen) atoms.